The number of halogens is 2. The molecule has 0 saturated heterocycles. The average Bonchev–Trinajstić information content (AvgIpc) is 3.59. The number of hydrogen-bond acceptors (Lipinski definition) is 4. The van der Waals surface area contributed by atoms with Gasteiger partial charge >= 0.3 is 0 Å². The van der Waals surface area contributed by atoms with E-state index in [9.17, 15) is 0 Å². The van der Waals surface area contributed by atoms with Crippen molar-refractivity contribution < 1.29 is 4.74 Å². The van der Waals surface area contributed by atoms with Crippen LogP contribution < -0.4 is 9.64 Å². The van der Waals surface area contributed by atoms with Crippen LogP contribution in [-0.4, -0.2) is 18.6 Å². The molecule has 1 aromatic heterocycles. The van der Waals surface area contributed by atoms with Crippen LogP contribution in [0.25, 0.3) is 22.0 Å². The summed E-state index contributed by atoms with van der Waals surface area (Å²) >= 11 is 8.38. The number of nitrogens with zero attached hydrogens (tertiary/aromatic N) is 2. The fourth-order valence-electron chi connectivity index (χ4n) is 4.67. The Morgan fingerprint density at radius 2 is 1.85 bits per heavy atom. The molecule has 0 N–H and O–H groups in total. The van der Waals surface area contributed by atoms with Crippen LogP contribution in [0.4, 0.5) is 5.13 Å². The van der Waals surface area contributed by atoms with Crippen molar-refractivity contribution in [3.05, 3.63) is 76.1 Å². The summed E-state index contributed by atoms with van der Waals surface area (Å²) in [5.74, 6) is 1.43. The van der Waals surface area contributed by atoms with E-state index in [0.29, 0.717) is 17.0 Å². The van der Waals surface area contributed by atoms with Gasteiger partial charge in [0.1, 0.15) is 5.75 Å². The molecule has 6 heteroatoms. The van der Waals surface area contributed by atoms with Crippen LogP contribution in [0.15, 0.2) is 60.7 Å². The maximum absolute atomic E-state index is 6.61. The second-order valence-electron chi connectivity index (χ2n) is 8.83. The van der Waals surface area contributed by atoms with Crippen molar-refractivity contribution in [1.29, 1.82) is 0 Å². The van der Waals surface area contributed by atoms with Crippen molar-refractivity contribution in [1.82, 2.24) is 4.98 Å². The van der Waals surface area contributed by atoms with Crippen molar-refractivity contribution in [2.45, 2.75) is 39.2 Å². The second kappa shape index (κ2) is 10.6. The third-order valence-electron chi connectivity index (χ3n) is 6.45. The maximum Gasteiger partial charge on any atom is 0.186 e. The largest absolute Gasteiger partial charge is 0.497 e. The molecule has 4 aromatic rings. The zero-order valence-electron chi connectivity index (χ0n) is 19.8. The first-order chi connectivity index (χ1) is 16.1. The summed E-state index contributed by atoms with van der Waals surface area (Å²) in [6, 6.07) is 21.8. The highest BCUT2D eigenvalue weighted by Gasteiger charge is 2.37. The van der Waals surface area contributed by atoms with E-state index in [1.165, 1.54) is 34.1 Å². The van der Waals surface area contributed by atoms with Crippen LogP contribution >= 0.6 is 35.3 Å². The smallest absolute Gasteiger partial charge is 0.186 e. The number of fused-ring (bicyclic) bond motifs is 1. The molecular weight excluding hydrogens is 483 g/mol. The van der Waals surface area contributed by atoms with Gasteiger partial charge in [0.25, 0.3) is 0 Å². The maximum atomic E-state index is 6.61. The molecule has 1 aliphatic rings. The fraction of sp³-hybridized carbons (Fsp3) is 0.321. The van der Waals surface area contributed by atoms with Crippen molar-refractivity contribution >= 4 is 51.2 Å². The zero-order chi connectivity index (χ0) is 22.9. The first-order valence-corrected chi connectivity index (χ1v) is 12.8. The minimum absolute atomic E-state index is 0. The minimum Gasteiger partial charge on any atom is -0.497 e. The Morgan fingerprint density at radius 1 is 1.09 bits per heavy atom. The monoisotopic (exact) mass is 512 g/mol. The Kier molecular flexibility index (Phi) is 7.71. The number of methoxy groups -OCH3 is 1. The van der Waals surface area contributed by atoms with Gasteiger partial charge < -0.3 is 9.64 Å². The molecule has 0 radical (unpaired) electrons. The normalized spacial score (nSPS) is 14.0. The standard InChI is InChI=1S/C28H29ClN2OS.ClH/c1-4-15-31(27(20-10-11-20)22-12-9-19-7-5-6-8-21(19)16-22)28-30-26(18(2)33-28)24-14-13-23(32-3)17-25(24)29;/h5-9,12-14,16-17,20,27H,4,10-11,15H2,1-3H3;1H. The summed E-state index contributed by atoms with van der Waals surface area (Å²) in [4.78, 5) is 8.88. The topological polar surface area (TPSA) is 25.4 Å². The molecule has 1 unspecified atom stereocenters. The van der Waals surface area contributed by atoms with E-state index in [1.54, 1.807) is 18.4 Å². The molecule has 178 valence electrons. The summed E-state index contributed by atoms with van der Waals surface area (Å²) < 4.78 is 5.33. The molecule has 1 atom stereocenters. The number of rotatable bonds is 8. The van der Waals surface area contributed by atoms with Crippen molar-refractivity contribution in [2.75, 3.05) is 18.6 Å². The Morgan fingerprint density at radius 3 is 2.53 bits per heavy atom. The van der Waals surface area contributed by atoms with Crippen LogP contribution in [0.5, 0.6) is 5.75 Å². The van der Waals surface area contributed by atoms with E-state index >= 15 is 0 Å². The quantitative estimate of drug-likeness (QED) is 0.236. The van der Waals surface area contributed by atoms with Gasteiger partial charge in [0.15, 0.2) is 5.13 Å². The van der Waals surface area contributed by atoms with Crippen LogP contribution in [0.2, 0.25) is 5.02 Å². The van der Waals surface area contributed by atoms with Crippen LogP contribution in [0, 0.1) is 12.8 Å². The van der Waals surface area contributed by atoms with Gasteiger partial charge in [-0.05, 0) is 72.7 Å². The highest BCUT2D eigenvalue weighted by molar-refractivity contribution is 7.16. The van der Waals surface area contributed by atoms with E-state index < -0.39 is 0 Å². The first kappa shape index (κ1) is 24.8. The number of aryl methyl sites for hydroxylation is 1. The summed E-state index contributed by atoms with van der Waals surface area (Å²) in [7, 11) is 1.66. The molecule has 0 spiro atoms. The molecule has 3 aromatic carbocycles. The Balaban J connectivity index is 0.00000274. The number of thiazole rings is 1. The molecule has 1 fully saturated rings. The summed E-state index contributed by atoms with van der Waals surface area (Å²) in [6.45, 7) is 5.37. The summed E-state index contributed by atoms with van der Waals surface area (Å²) in [5.41, 5.74) is 3.32. The number of benzene rings is 3. The lowest BCUT2D eigenvalue weighted by Crippen LogP contribution is -2.31. The lowest BCUT2D eigenvalue weighted by molar-refractivity contribution is 0.415. The molecule has 5 rings (SSSR count). The van der Waals surface area contributed by atoms with Gasteiger partial charge in [-0.1, -0.05) is 54.9 Å². The molecule has 0 amide bonds. The third-order valence-corrected chi connectivity index (χ3v) is 7.77. The van der Waals surface area contributed by atoms with Crippen LogP contribution in [0.1, 0.15) is 42.7 Å². The Hall–Kier alpha value is -2.27. The van der Waals surface area contributed by atoms with E-state index in [1.807, 2.05) is 18.2 Å². The number of hydrogen-bond donors (Lipinski definition) is 0. The predicted octanol–water partition coefficient (Wildman–Crippen LogP) is 8.72. The van der Waals surface area contributed by atoms with Gasteiger partial charge in [0.05, 0.1) is 23.9 Å². The van der Waals surface area contributed by atoms with Crippen molar-refractivity contribution in [3.63, 3.8) is 0 Å². The van der Waals surface area contributed by atoms with E-state index in [2.05, 4.69) is 61.2 Å². The second-order valence-corrected chi connectivity index (χ2v) is 10.4. The van der Waals surface area contributed by atoms with Gasteiger partial charge in [-0.3, -0.25) is 0 Å². The first-order valence-electron chi connectivity index (χ1n) is 11.7. The van der Waals surface area contributed by atoms with Crippen LogP contribution in [0.3, 0.4) is 0 Å². The highest BCUT2D eigenvalue weighted by atomic mass is 35.5. The van der Waals surface area contributed by atoms with E-state index in [0.717, 1.165) is 35.1 Å². The zero-order valence-corrected chi connectivity index (χ0v) is 22.1. The van der Waals surface area contributed by atoms with Gasteiger partial charge in [0.2, 0.25) is 0 Å². The molecule has 0 aliphatic heterocycles. The van der Waals surface area contributed by atoms with Crippen molar-refractivity contribution in [2.24, 2.45) is 5.92 Å². The number of anilines is 1. The number of ether oxygens (including phenoxy) is 1. The Labute approximate surface area is 217 Å². The molecule has 1 aliphatic carbocycles. The van der Waals surface area contributed by atoms with E-state index in [-0.39, 0.29) is 12.4 Å². The molecule has 34 heavy (non-hydrogen) atoms. The van der Waals surface area contributed by atoms with Gasteiger partial charge in [-0.25, -0.2) is 4.98 Å². The molecule has 1 heterocycles. The third kappa shape index (κ3) is 4.91. The average molecular weight is 514 g/mol. The predicted molar refractivity (Wildman–Crippen MR) is 148 cm³/mol. The van der Waals surface area contributed by atoms with Gasteiger partial charge in [-0.15, -0.1) is 23.7 Å². The molecule has 1 saturated carbocycles. The minimum atomic E-state index is 0. The van der Waals surface area contributed by atoms with E-state index in [4.69, 9.17) is 21.3 Å². The highest BCUT2D eigenvalue weighted by Crippen LogP contribution is 2.48. The van der Waals surface area contributed by atoms with Crippen molar-refractivity contribution in [3.8, 4) is 17.0 Å². The fourth-order valence-corrected chi connectivity index (χ4v) is 5.92. The molecular formula is C28H30Cl2N2OS. The lowest BCUT2D eigenvalue weighted by Gasteiger charge is -2.32. The Bertz CT molecular complexity index is 1280. The summed E-state index contributed by atoms with van der Waals surface area (Å²) in [6.07, 6.45) is 3.63. The lowest BCUT2D eigenvalue weighted by atomic mass is 9.97. The summed E-state index contributed by atoms with van der Waals surface area (Å²) in [5, 5.41) is 4.35. The SMILES string of the molecule is CCCN(c1nc(-c2ccc(OC)cc2Cl)c(C)s1)C(c1ccc2ccccc2c1)C1CC1.Cl. The molecule has 3 nitrogen and oxygen atoms in total. The number of aromatic nitrogens is 1. The molecule has 0 bridgehead atoms. The van der Waals surface area contributed by atoms with Gasteiger partial charge in [0, 0.05) is 17.0 Å². The van der Waals surface area contributed by atoms with Crippen LogP contribution in [-0.2, 0) is 0 Å². The van der Waals surface area contributed by atoms with Gasteiger partial charge in [-0.2, -0.15) is 0 Å².